The van der Waals surface area contributed by atoms with E-state index in [0.29, 0.717) is 0 Å². The number of rotatable bonds is 7. The number of unbranched alkanes of at least 4 members (excludes halogenated alkanes) is 2. The molecule has 1 rings (SSSR count). The summed E-state index contributed by atoms with van der Waals surface area (Å²) in [7, 11) is -1.14. The standard InChI is InChI=1S/C16H30Si/c1-6-9-11-14(8-3)16-13-15(12-10-7-2)17(16,4)5/h13H,6-12H2,1-5H3/b16-14-. The van der Waals surface area contributed by atoms with E-state index in [9.17, 15) is 0 Å². The van der Waals surface area contributed by atoms with Gasteiger partial charge in [-0.1, -0.05) is 75.2 Å². The molecule has 0 saturated heterocycles. The Morgan fingerprint density at radius 3 is 2.18 bits per heavy atom. The average molecular weight is 251 g/mol. The molecule has 0 fully saturated rings. The molecule has 1 aliphatic rings. The first-order chi connectivity index (χ1) is 8.07. The Labute approximate surface area is 109 Å². The van der Waals surface area contributed by atoms with Gasteiger partial charge in [0.15, 0.2) is 0 Å². The maximum atomic E-state index is 2.55. The van der Waals surface area contributed by atoms with Gasteiger partial charge in [0.1, 0.15) is 8.07 Å². The van der Waals surface area contributed by atoms with Crippen LogP contribution in [0.25, 0.3) is 0 Å². The van der Waals surface area contributed by atoms with Crippen LogP contribution in [0.5, 0.6) is 0 Å². The largest absolute Gasteiger partial charge is 0.107 e. The lowest BCUT2D eigenvalue weighted by atomic mass is 10.0. The fraction of sp³-hybridized carbons (Fsp3) is 0.750. The molecule has 0 N–H and O–H groups in total. The molecular formula is C16H30Si. The van der Waals surface area contributed by atoms with E-state index < -0.39 is 8.07 Å². The Morgan fingerprint density at radius 2 is 1.71 bits per heavy atom. The monoisotopic (exact) mass is 250 g/mol. The highest BCUT2D eigenvalue weighted by molar-refractivity contribution is 6.94. The number of hydrogen-bond acceptors (Lipinski definition) is 0. The second kappa shape index (κ2) is 6.58. The second-order valence-electron chi connectivity index (χ2n) is 5.87. The van der Waals surface area contributed by atoms with Crippen LogP contribution in [0.2, 0.25) is 13.1 Å². The van der Waals surface area contributed by atoms with Crippen molar-refractivity contribution in [3.05, 3.63) is 22.0 Å². The minimum Gasteiger partial charge on any atom is -0.0761 e. The van der Waals surface area contributed by atoms with Crippen molar-refractivity contribution in [1.82, 2.24) is 0 Å². The predicted octanol–water partition coefficient (Wildman–Crippen LogP) is 5.80. The minimum absolute atomic E-state index is 1.14. The first-order valence-corrected chi connectivity index (χ1v) is 10.5. The topological polar surface area (TPSA) is 0 Å². The highest BCUT2D eigenvalue weighted by Crippen LogP contribution is 2.41. The normalized spacial score (nSPS) is 20.9. The highest BCUT2D eigenvalue weighted by atomic mass is 28.3. The van der Waals surface area contributed by atoms with Crippen LogP contribution in [0.1, 0.15) is 65.7 Å². The van der Waals surface area contributed by atoms with Gasteiger partial charge in [0.25, 0.3) is 0 Å². The van der Waals surface area contributed by atoms with Gasteiger partial charge >= 0.3 is 0 Å². The lowest BCUT2D eigenvalue weighted by molar-refractivity contribution is 0.760. The average Bonchev–Trinajstić information content (AvgIpc) is 2.31. The molecule has 0 aromatic heterocycles. The van der Waals surface area contributed by atoms with Crippen LogP contribution >= 0.6 is 0 Å². The van der Waals surface area contributed by atoms with Crippen LogP contribution in [0.4, 0.5) is 0 Å². The minimum atomic E-state index is -1.14. The van der Waals surface area contributed by atoms with Gasteiger partial charge in [-0.3, -0.25) is 0 Å². The predicted molar refractivity (Wildman–Crippen MR) is 81.9 cm³/mol. The molecule has 17 heavy (non-hydrogen) atoms. The molecule has 0 spiro atoms. The van der Waals surface area contributed by atoms with Gasteiger partial charge in [0, 0.05) is 0 Å². The van der Waals surface area contributed by atoms with Crippen molar-refractivity contribution < 1.29 is 0 Å². The highest BCUT2D eigenvalue weighted by Gasteiger charge is 2.37. The summed E-state index contributed by atoms with van der Waals surface area (Å²) in [5, 5.41) is 3.61. The van der Waals surface area contributed by atoms with Crippen LogP contribution in [0.3, 0.4) is 0 Å². The Hall–Kier alpha value is -0.303. The lowest BCUT2D eigenvalue weighted by Gasteiger charge is -2.39. The van der Waals surface area contributed by atoms with Crippen molar-refractivity contribution in [3.8, 4) is 0 Å². The Balaban J connectivity index is 2.78. The van der Waals surface area contributed by atoms with E-state index in [1.807, 2.05) is 5.20 Å². The van der Waals surface area contributed by atoms with E-state index in [0.717, 1.165) is 0 Å². The zero-order chi connectivity index (χ0) is 12.9. The van der Waals surface area contributed by atoms with Gasteiger partial charge in [-0.2, -0.15) is 0 Å². The fourth-order valence-corrected chi connectivity index (χ4v) is 5.96. The summed E-state index contributed by atoms with van der Waals surface area (Å²) in [6.07, 6.45) is 11.9. The fourth-order valence-electron chi connectivity index (χ4n) is 2.82. The summed E-state index contributed by atoms with van der Waals surface area (Å²) in [5.74, 6) is 0. The zero-order valence-corrected chi connectivity index (χ0v) is 13.5. The smallest absolute Gasteiger partial charge is 0.0761 e. The molecule has 0 unspecified atom stereocenters. The SMILES string of the molecule is CCCCC1=C/C(=C(\CC)CCCC)[Si]1(C)C. The van der Waals surface area contributed by atoms with Crippen molar-refractivity contribution in [2.45, 2.75) is 78.8 Å². The van der Waals surface area contributed by atoms with Crippen LogP contribution in [0, 0.1) is 0 Å². The molecule has 0 aromatic rings. The van der Waals surface area contributed by atoms with Crippen molar-refractivity contribution in [1.29, 1.82) is 0 Å². The summed E-state index contributed by atoms with van der Waals surface area (Å²) in [4.78, 5) is 0. The summed E-state index contributed by atoms with van der Waals surface area (Å²) >= 11 is 0. The third-order valence-electron chi connectivity index (χ3n) is 4.23. The molecule has 0 atom stereocenters. The maximum absolute atomic E-state index is 2.55. The number of hydrogen-bond donors (Lipinski definition) is 0. The van der Waals surface area contributed by atoms with E-state index in [1.54, 1.807) is 10.8 Å². The lowest BCUT2D eigenvalue weighted by Crippen LogP contribution is -2.40. The first kappa shape index (κ1) is 14.8. The van der Waals surface area contributed by atoms with Crippen molar-refractivity contribution in [2.24, 2.45) is 0 Å². The van der Waals surface area contributed by atoms with Gasteiger partial charge in [-0.15, -0.1) is 0 Å². The number of allylic oxidation sites excluding steroid dienone is 4. The van der Waals surface area contributed by atoms with E-state index in [2.05, 4.69) is 39.9 Å². The van der Waals surface area contributed by atoms with Gasteiger partial charge in [0.05, 0.1) is 0 Å². The van der Waals surface area contributed by atoms with Crippen LogP contribution in [-0.4, -0.2) is 8.07 Å². The molecule has 0 nitrogen and oxygen atoms in total. The third kappa shape index (κ3) is 3.34. The van der Waals surface area contributed by atoms with E-state index in [-0.39, 0.29) is 0 Å². The van der Waals surface area contributed by atoms with Gasteiger partial charge < -0.3 is 0 Å². The molecule has 1 heterocycles. The quantitative estimate of drug-likeness (QED) is 0.501. The summed E-state index contributed by atoms with van der Waals surface area (Å²) < 4.78 is 0. The van der Waals surface area contributed by atoms with Crippen molar-refractivity contribution >= 4 is 8.07 Å². The first-order valence-electron chi connectivity index (χ1n) is 7.51. The third-order valence-corrected chi connectivity index (χ3v) is 8.08. The summed E-state index contributed by atoms with van der Waals surface area (Å²) in [6.45, 7) is 12.0. The molecule has 1 aliphatic heterocycles. The molecule has 0 amide bonds. The van der Waals surface area contributed by atoms with Crippen LogP contribution < -0.4 is 0 Å². The van der Waals surface area contributed by atoms with E-state index >= 15 is 0 Å². The van der Waals surface area contributed by atoms with Crippen molar-refractivity contribution in [3.63, 3.8) is 0 Å². The van der Waals surface area contributed by atoms with Gasteiger partial charge in [0.2, 0.25) is 0 Å². The molecular weight excluding hydrogens is 220 g/mol. The molecule has 98 valence electrons. The van der Waals surface area contributed by atoms with Crippen LogP contribution in [-0.2, 0) is 0 Å². The van der Waals surface area contributed by atoms with Crippen molar-refractivity contribution in [2.75, 3.05) is 0 Å². The molecule has 0 aliphatic carbocycles. The molecule has 0 radical (unpaired) electrons. The maximum Gasteiger partial charge on any atom is 0.107 e. The molecule has 0 bridgehead atoms. The second-order valence-corrected chi connectivity index (χ2v) is 10.3. The molecule has 1 heteroatoms. The molecule has 0 aromatic carbocycles. The van der Waals surface area contributed by atoms with Gasteiger partial charge in [-0.25, -0.2) is 0 Å². The Morgan fingerprint density at radius 1 is 1.06 bits per heavy atom. The Bertz CT molecular complexity index is 307. The molecule has 0 saturated carbocycles. The van der Waals surface area contributed by atoms with Gasteiger partial charge in [-0.05, 0) is 25.7 Å². The summed E-state index contributed by atoms with van der Waals surface area (Å²) in [5.41, 5.74) is 1.77. The zero-order valence-electron chi connectivity index (χ0n) is 12.5. The summed E-state index contributed by atoms with van der Waals surface area (Å²) in [6, 6.07) is 0. The van der Waals surface area contributed by atoms with E-state index in [1.165, 1.54) is 44.9 Å². The Kier molecular flexibility index (Phi) is 5.71. The van der Waals surface area contributed by atoms with E-state index in [4.69, 9.17) is 0 Å². The van der Waals surface area contributed by atoms with Crippen LogP contribution in [0.15, 0.2) is 22.0 Å².